The zero-order chi connectivity index (χ0) is 13.1. The predicted molar refractivity (Wildman–Crippen MR) is 81.7 cm³/mol. The minimum Gasteiger partial charge on any atom is -0.376 e. The maximum absolute atomic E-state index is 5.97. The molecule has 0 atom stereocenters. The molecular weight excluding hydrogens is 316 g/mol. The smallest absolute Gasteiger partial charge is 0.0728 e. The molecule has 0 aliphatic carbocycles. The van der Waals surface area contributed by atoms with Crippen LogP contribution in [0.25, 0.3) is 0 Å². The fourth-order valence-electron chi connectivity index (χ4n) is 1.24. The first-order valence-corrected chi connectivity index (χ1v) is 9.90. The third-order valence-corrected chi connectivity index (χ3v) is 7.60. The van der Waals surface area contributed by atoms with Gasteiger partial charge in [0.1, 0.15) is 0 Å². The lowest BCUT2D eigenvalue weighted by Crippen LogP contribution is -2.26. The summed E-state index contributed by atoms with van der Waals surface area (Å²) in [6.07, 6.45) is 0. The largest absolute Gasteiger partial charge is 0.376 e. The standard InChI is InChI=1S/C13H20BrClOSi/c1-13(2,17(3)4)9-16-8-10-7-11(15)5-6-12(10)14/h5-7,17H,8-9H2,1-4H3. The zero-order valence-corrected chi connectivity index (χ0v) is 14.4. The molecule has 0 unspecified atom stereocenters. The number of hydrogen-bond donors (Lipinski definition) is 0. The van der Waals surface area contributed by atoms with E-state index in [1.807, 2.05) is 18.2 Å². The minimum atomic E-state index is -0.690. The second-order valence-electron chi connectivity index (χ2n) is 5.37. The third kappa shape index (κ3) is 4.74. The van der Waals surface area contributed by atoms with Gasteiger partial charge in [0.15, 0.2) is 0 Å². The van der Waals surface area contributed by atoms with Crippen LogP contribution in [0.15, 0.2) is 22.7 Å². The van der Waals surface area contributed by atoms with Gasteiger partial charge in [0, 0.05) is 24.9 Å². The maximum atomic E-state index is 5.97. The van der Waals surface area contributed by atoms with E-state index in [1.165, 1.54) is 0 Å². The first-order valence-electron chi connectivity index (χ1n) is 5.84. The van der Waals surface area contributed by atoms with Gasteiger partial charge in [-0.25, -0.2) is 0 Å². The van der Waals surface area contributed by atoms with E-state index in [9.17, 15) is 0 Å². The van der Waals surface area contributed by atoms with Crippen molar-refractivity contribution in [2.75, 3.05) is 6.61 Å². The number of ether oxygens (including phenoxy) is 1. The Morgan fingerprint density at radius 3 is 2.59 bits per heavy atom. The van der Waals surface area contributed by atoms with Crippen molar-refractivity contribution in [2.24, 2.45) is 0 Å². The van der Waals surface area contributed by atoms with Crippen molar-refractivity contribution in [1.29, 1.82) is 0 Å². The van der Waals surface area contributed by atoms with E-state index in [-0.39, 0.29) is 0 Å². The molecule has 1 rings (SSSR count). The van der Waals surface area contributed by atoms with Gasteiger partial charge in [0.25, 0.3) is 0 Å². The molecule has 4 heteroatoms. The van der Waals surface area contributed by atoms with Crippen LogP contribution in [0.5, 0.6) is 0 Å². The van der Waals surface area contributed by atoms with Gasteiger partial charge in [-0.3, -0.25) is 0 Å². The summed E-state index contributed by atoms with van der Waals surface area (Å²) < 4.78 is 6.88. The number of rotatable bonds is 5. The van der Waals surface area contributed by atoms with Gasteiger partial charge in [0.2, 0.25) is 0 Å². The average Bonchev–Trinajstić information content (AvgIpc) is 2.22. The van der Waals surface area contributed by atoms with Crippen molar-refractivity contribution in [2.45, 2.75) is 38.6 Å². The molecule has 0 N–H and O–H groups in total. The van der Waals surface area contributed by atoms with E-state index in [0.717, 1.165) is 21.7 Å². The van der Waals surface area contributed by atoms with Crippen LogP contribution in [0.2, 0.25) is 23.2 Å². The van der Waals surface area contributed by atoms with E-state index in [2.05, 4.69) is 42.9 Å². The Balaban J connectivity index is 2.54. The highest BCUT2D eigenvalue weighted by Crippen LogP contribution is 2.29. The van der Waals surface area contributed by atoms with Crippen molar-refractivity contribution in [1.82, 2.24) is 0 Å². The van der Waals surface area contributed by atoms with E-state index in [4.69, 9.17) is 16.3 Å². The highest BCUT2D eigenvalue weighted by molar-refractivity contribution is 9.10. The van der Waals surface area contributed by atoms with Crippen LogP contribution < -0.4 is 0 Å². The van der Waals surface area contributed by atoms with Gasteiger partial charge < -0.3 is 4.74 Å². The molecule has 0 bridgehead atoms. The molecule has 1 aromatic carbocycles. The van der Waals surface area contributed by atoms with Gasteiger partial charge in [0.05, 0.1) is 6.61 Å². The van der Waals surface area contributed by atoms with Gasteiger partial charge in [-0.2, -0.15) is 0 Å². The van der Waals surface area contributed by atoms with Crippen molar-refractivity contribution >= 4 is 36.3 Å². The van der Waals surface area contributed by atoms with Gasteiger partial charge >= 0.3 is 0 Å². The normalized spacial score (nSPS) is 12.2. The third-order valence-electron chi connectivity index (χ3n) is 3.30. The summed E-state index contributed by atoms with van der Waals surface area (Å²) in [5.74, 6) is 0. The Morgan fingerprint density at radius 2 is 2.00 bits per heavy atom. The lowest BCUT2D eigenvalue weighted by molar-refractivity contribution is 0.100. The number of halogens is 2. The Kier molecular flexibility index (Phi) is 5.70. The second-order valence-corrected chi connectivity index (χ2v) is 10.5. The maximum Gasteiger partial charge on any atom is 0.0728 e. The summed E-state index contributed by atoms with van der Waals surface area (Å²) in [6.45, 7) is 10.7. The molecule has 1 nitrogen and oxygen atoms in total. The molecule has 0 amide bonds. The molecule has 0 spiro atoms. The van der Waals surface area contributed by atoms with Crippen molar-refractivity contribution in [3.63, 3.8) is 0 Å². The summed E-state index contributed by atoms with van der Waals surface area (Å²) in [5, 5.41) is 1.09. The van der Waals surface area contributed by atoms with Gasteiger partial charge in [-0.15, -0.1) is 0 Å². The summed E-state index contributed by atoms with van der Waals surface area (Å²) in [5.41, 5.74) is 1.11. The SMILES string of the molecule is C[SiH](C)C(C)(C)COCc1cc(Cl)ccc1Br. The molecule has 96 valence electrons. The van der Waals surface area contributed by atoms with Crippen LogP contribution in [0.1, 0.15) is 19.4 Å². The lowest BCUT2D eigenvalue weighted by atomic mass is 10.2. The minimum absolute atomic E-state index is 0.338. The van der Waals surface area contributed by atoms with Gasteiger partial charge in [-0.1, -0.05) is 54.5 Å². The Hall–Kier alpha value is 0.167. The zero-order valence-electron chi connectivity index (χ0n) is 10.9. The first kappa shape index (κ1) is 15.2. The van der Waals surface area contributed by atoms with Crippen LogP contribution in [-0.2, 0) is 11.3 Å². The number of benzene rings is 1. The summed E-state index contributed by atoms with van der Waals surface area (Å²) in [4.78, 5) is 0. The molecule has 1 aromatic rings. The molecule has 17 heavy (non-hydrogen) atoms. The highest BCUT2D eigenvalue weighted by Gasteiger charge is 2.23. The molecule has 0 radical (unpaired) electrons. The molecule has 0 saturated carbocycles. The fourth-order valence-corrected chi connectivity index (χ4v) is 2.25. The van der Waals surface area contributed by atoms with Crippen LogP contribution in [0.3, 0.4) is 0 Å². The van der Waals surface area contributed by atoms with Crippen molar-refractivity contribution in [3.05, 3.63) is 33.3 Å². The van der Waals surface area contributed by atoms with Gasteiger partial charge in [-0.05, 0) is 28.8 Å². The molecule has 0 aliphatic rings. The number of hydrogen-bond acceptors (Lipinski definition) is 1. The Bertz CT molecular complexity index is 380. The molecule has 0 saturated heterocycles. The topological polar surface area (TPSA) is 9.23 Å². The molecular formula is C13H20BrClOSi. The highest BCUT2D eigenvalue weighted by atomic mass is 79.9. The molecule has 0 fully saturated rings. The van der Waals surface area contributed by atoms with Crippen molar-refractivity contribution in [3.8, 4) is 0 Å². The predicted octanol–water partition coefficient (Wildman–Crippen LogP) is 4.89. The summed E-state index contributed by atoms with van der Waals surface area (Å²) in [7, 11) is -0.690. The summed E-state index contributed by atoms with van der Waals surface area (Å²) in [6, 6.07) is 5.79. The van der Waals surface area contributed by atoms with Crippen LogP contribution in [-0.4, -0.2) is 15.4 Å². The van der Waals surface area contributed by atoms with Crippen LogP contribution in [0.4, 0.5) is 0 Å². The molecule has 0 heterocycles. The lowest BCUT2D eigenvalue weighted by Gasteiger charge is -2.28. The van der Waals surface area contributed by atoms with E-state index < -0.39 is 8.80 Å². The monoisotopic (exact) mass is 334 g/mol. The second kappa shape index (κ2) is 6.37. The first-order chi connectivity index (χ1) is 7.83. The molecule has 0 aliphatic heterocycles. The van der Waals surface area contributed by atoms with Crippen LogP contribution in [0, 0.1) is 0 Å². The Labute approximate surface area is 119 Å². The Morgan fingerprint density at radius 1 is 1.35 bits per heavy atom. The quantitative estimate of drug-likeness (QED) is 0.696. The van der Waals surface area contributed by atoms with Crippen molar-refractivity contribution < 1.29 is 4.74 Å². The van der Waals surface area contributed by atoms with Crippen LogP contribution >= 0.6 is 27.5 Å². The van der Waals surface area contributed by atoms with E-state index in [1.54, 1.807) is 0 Å². The summed E-state index contributed by atoms with van der Waals surface area (Å²) >= 11 is 9.48. The average molecular weight is 336 g/mol. The molecule has 0 aromatic heterocycles. The van der Waals surface area contributed by atoms with E-state index in [0.29, 0.717) is 11.6 Å². The fraction of sp³-hybridized carbons (Fsp3) is 0.538. The van der Waals surface area contributed by atoms with E-state index >= 15 is 0 Å².